The fourth-order valence-electron chi connectivity index (χ4n) is 3.34. The summed E-state index contributed by atoms with van der Waals surface area (Å²) in [5, 5.41) is 49.8. The summed E-state index contributed by atoms with van der Waals surface area (Å²) in [5.74, 6) is 0.196. The SMILES string of the molecule is CC1=N[C@H]2[C@@H](O1)O[C@H](COS(=O)(=O)O)[C@@H](O[C@@H]1O[C@H](CO)[C@H](O)[C@H](O)[C@H]1O)[C@@H]2O. The predicted octanol–water partition coefficient (Wildman–Crippen LogP) is -4.11. The van der Waals surface area contributed by atoms with Gasteiger partial charge in [-0.05, 0) is 0 Å². The molecule has 0 amide bonds. The molecule has 0 aromatic carbocycles. The van der Waals surface area contributed by atoms with E-state index in [1.165, 1.54) is 6.92 Å². The number of aliphatic hydroxyl groups excluding tert-OH is 5. The molecule has 3 rings (SSSR count). The van der Waals surface area contributed by atoms with E-state index in [9.17, 15) is 34.0 Å². The molecule has 0 spiro atoms. The van der Waals surface area contributed by atoms with Crippen molar-refractivity contribution >= 4 is 16.3 Å². The van der Waals surface area contributed by atoms with E-state index < -0.39 is 85.0 Å². The molecular formula is C14H23NO13S. The summed E-state index contributed by atoms with van der Waals surface area (Å²) in [6.45, 7) is 0.0149. The Morgan fingerprint density at radius 2 is 1.72 bits per heavy atom. The van der Waals surface area contributed by atoms with E-state index in [-0.39, 0.29) is 5.90 Å². The second-order valence-corrected chi connectivity index (χ2v) is 7.89. The average molecular weight is 445 g/mol. The first-order valence-corrected chi connectivity index (χ1v) is 10.0. The van der Waals surface area contributed by atoms with Gasteiger partial charge in [-0.1, -0.05) is 0 Å². The second kappa shape index (κ2) is 8.64. The smallest absolute Gasteiger partial charge is 0.397 e. The number of ether oxygens (including phenoxy) is 4. The Labute approximate surface area is 165 Å². The minimum atomic E-state index is -4.84. The lowest BCUT2D eigenvalue weighted by Gasteiger charge is -2.45. The van der Waals surface area contributed by atoms with Crippen molar-refractivity contribution in [3.05, 3.63) is 0 Å². The van der Waals surface area contributed by atoms with Gasteiger partial charge in [0.2, 0.25) is 6.29 Å². The maximum atomic E-state index is 10.9. The Balaban J connectivity index is 1.80. The van der Waals surface area contributed by atoms with Crippen LogP contribution in [0.2, 0.25) is 0 Å². The van der Waals surface area contributed by atoms with Gasteiger partial charge in [0, 0.05) is 6.92 Å². The zero-order valence-corrected chi connectivity index (χ0v) is 15.9. The number of rotatable bonds is 6. The van der Waals surface area contributed by atoms with Crippen molar-refractivity contribution in [2.24, 2.45) is 4.99 Å². The molecule has 0 unspecified atom stereocenters. The maximum Gasteiger partial charge on any atom is 0.397 e. The summed E-state index contributed by atoms with van der Waals surface area (Å²) in [4.78, 5) is 4.05. The van der Waals surface area contributed by atoms with E-state index in [1.54, 1.807) is 0 Å². The van der Waals surface area contributed by atoms with Crippen LogP contribution in [0.1, 0.15) is 6.92 Å². The maximum absolute atomic E-state index is 10.9. The molecule has 10 atom stereocenters. The van der Waals surface area contributed by atoms with Crippen molar-refractivity contribution in [1.29, 1.82) is 0 Å². The quantitative estimate of drug-likeness (QED) is 0.215. The largest absolute Gasteiger partial charge is 0.450 e. The average Bonchev–Trinajstić information content (AvgIpc) is 3.02. The van der Waals surface area contributed by atoms with Crippen LogP contribution in [0.15, 0.2) is 4.99 Å². The summed E-state index contributed by atoms with van der Waals surface area (Å²) in [7, 11) is -4.84. The molecule has 2 saturated heterocycles. The van der Waals surface area contributed by atoms with E-state index in [0.29, 0.717) is 0 Å². The Hall–Kier alpha value is -0.980. The molecule has 0 aromatic heterocycles. The first kappa shape index (κ1) is 22.7. The van der Waals surface area contributed by atoms with Crippen molar-refractivity contribution in [1.82, 2.24) is 0 Å². The number of nitrogens with zero attached hydrogens (tertiary/aromatic N) is 1. The lowest BCUT2D eigenvalue weighted by atomic mass is 9.96. The standard InChI is InChI=1S/C14H23NO13S/c1-4-15-7-9(18)12(6(27-13(7)25-4)3-24-29(21,22)23)28-14-11(20)10(19)8(17)5(2-16)26-14/h5-14,16-20H,2-3H2,1H3,(H,21,22,23)/t5-,6-,7-,8+,9-,10+,11-,12-,13+,14+/m1/s1. The van der Waals surface area contributed by atoms with Gasteiger partial charge < -0.3 is 44.5 Å². The van der Waals surface area contributed by atoms with Crippen molar-refractivity contribution in [3.63, 3.8) is 0 Å². The molecule has 0 bridgehead atoms. The summed E-state index contributed by atoms with van der Waals surface area (Å²) in [6.07, 6.45) is -13.3. The fourth-order valence-corrected chi connectivity index (χ4v) is 3.64. The van der Waals surface area contributed by atoms with Gasteiger partial charge in [-0.25, -0.2) is 9.18 Å². The Kier molecular flexibility index (Phi) is 6.76. The van der Waals surface area contributed by atoms with Gasteiger partial charge in [0.15, 0.2) is 12.2 Å². The van der Waals surface area contributed by atoms with Crippen LogP contribution in [0.4, 0.5) is 0 Å². The Morgan fingerprint density at radius 3 is 2.34 bits per heavy atom. The number of fused-ring (bicyclic) bond motifs is 1. The Morgan fingerprint density at radius 1 is 1.03 bits per heavy atom. The van der Waals surface area contributed by atoms with Crippen LogP contribution < -0.4 is 0 Å². The zero-order chi connectivity index (χ0) is 21.5. The molecule has 0 radical (unpaired) electrons. The van der Waals surface area contributed by atoms with E-state index in [4.69, 9.17) is 23.5 Å². The Bertz CT molecular complexity index is 714. The van der Waals surface area contributed by atoms with Crippen molar-refractivity contribution < 1.29 is 61.6 Å². The van der Waals surface area contributed by atoms with Crippen molar-refractivity contribution in [3.8, 4) is 0 Å². The highest BCUT2D eigenvalue weighted by Gasteiger charge is 2.53. The highest BCUT2D eigenvalue weighted by molar-refractivity contribution is 7.80. The molecule has 3 heterocycles. The topological polar surface area (TPSA) is 214 Å². The minimum absolute atomic E-state index is 0.196. The number of hydrogen-bond acceptors (Lipinski definition) is 13. The van der Waals surface area contributed by atoms with Gasteiger partial charge in [-0.15, -0.1) is 0 Å². The van der Waals surface area contributed by atoms with E-state index in [0.717, 1.165) is 0 Å². The van der Waals surface area contributed by atoms with Crippen LogP contribution in [-0.2, 0) is 33.5 Å². The fraction of sp³-hybridized carbons (Fsp3) is 0.929. The molecule has 15 heteroatoms. The molecule has 0 aromatic rings. The van der Waals surface area contributed by atoms with Gasteiger partial charge in [0.25, 0.3) is 0 Å². The summed E-state index contributed by atoms with van der Waals surface area (Å²) in [5.41, 5.74) is 0. The van der Waals surface area contributed by atoms with Crippen LogP contribution >= 0.6 is 0 Å². The third-order valence-electron chi connectivity index (χ3n) is 4.78. The molecule has 168 valence electrons. The van der Waals surface area contributed by atoms with Crippen LogP contribution in [0.3, 0.4) is 0 Å². The molecule has 0 aliphatic carbocycles. The number of hydrogen-bond donors (Lipinski definition) is 6. The van der Waals surface area contributed by atoms with Gasteiger partial charge in [0.1, 0.15) is 48.8 Å². The van der Waals surface area contributed by atoms with Gasteiger partial charge in [0.05, 0.1) is 13.2 Å². The molecule has 29 heavy (non-hydrogen) atoms. The first-order chi connectivity index (χ1) is 13.5. The third kappa shape index (κ3) is 4.86. The lowest BCUT2D eigenvalue weighted by molar-refractivity contribution is -0.341. The van der Waals surface area contributed by atoms with Crippen LogP contribution in [0, 0.1) is 0 Å². The molecule has 14 nitrogen and oxygen atoms in total. The molecule has 6 N–H and O–H groups in total. The van der Waals surface area contributed by atoms with E-state index >= 15 is 0 Å². The molecular weight excluding hydrogens is 422 g/mol. The molecule has 2 fully saturated rings. The number of aliphatic imine (C=N–C) groups is 1. The third-order valence-corrected chi connectivity index (χ3v) is 5.21. The van der Waals surface area contributed by atoms with Crippen molar-refractivity contribution in [2.75, 3.05) is 13.2 Å². The highest BCUT2D eigenvalue weighted by atomic mass is 32.3. The monoisotopic (exact) mass is 445 g/mol. The zero-order valence-electron chi connectivity index (χ0n) is 15.1. The summed E-state index contributed by atoms with van der Waals surface area (Å²) < 4.78 is 56.5. The van der Waals surface area contributed by atoms with Gasteiger partial charge in [-0.3, -0.25) is 4.55 Å². The van der Waals surface area contributed by atoms with Crippen molar-refractivity contribution in [2.45, 2.75) is 68.3 Å². The van der Waals surface area contributed by atoms with Crippen LogP contribution in [0.5, 0.6) is 0 Å². The van der Waals surface area contributed by atoms with Gasteiger partial charge >= 0.3 is 10.4 Å². The molecule has 3 aliphatic rings. The van der Waals surface area contributed by atoms with Gasteiger partial charge in [-0.2, -0.15) is 8.42 Å². The lowest BCUT2D eigenvalue weighted by Crippen LogP contribution is -2.64. The summed E-state index contributed by atoms with van der Waals surface area (Å²) >= 11 is 0. The van der Waals surface area contributed by atoms with Crippen LogP contribution in [-0.4, -0.2) is 119 Å². The highest BCUT2D eigenvalue weighted by Crippen LogP contribution is 2.33. The molecule has 0 saturated carbocycles. The van der Waals surface area contributed by atoms with E-state index in [1.807, 2.05) is 0 Å². The molecule has 3 aliphatic heterocycles. The van der Waals surface area contributed by atoms with E-state index in [2.05, 4.69) is 9.18 Å². The second-order valence-electron chi connectivity index (χ2n) is 6.80. The first-order valence-electron chi connectivity index (χ1n) is 8.64. The predicted molar refractivity (Wildman–Crippen MR) is 88.8 cm³/mol. The number of aliphatic hydroxyl groups is 5. The van der Waals surface area contributed by atoms with Crippen LogP contribution in [0.25, 0.3) is 0 Å². The normalized spacial score (nSPS) is 45.4. The minimum Gasteiger partial charge on any atom is -0.450 e. The summed E-state index contributed by atoms with van der Waals surface area (Å²) in [6, 6.07) is -0.952.